The number of halogens is 1. The first-order valence-electron chi connectivity index (χ1n) is 7.39. The minimum absolute atomic E-state index is 0.296. The molecular formula is C17H19ClN2O4S. The van der Waals surface area contributed by atoms with E-state index in [1.54, 1.807) is 42.5 Å². The molecule has 0 aliphatic heterocycles. The maximum atomic E-state index is 12.3. The number of anilines is 2. The van der Waals surface area contributed by atoms with Crippen LogP contribution in [0, 0.1) is 6.92 Å². The van der Waals surface area contributed by atoms with Gasteiger partial charge in [0.25, 0.3) is 0 Å². The summed E-state index contributed by atoms with van der Waals surface area (Å²) in [7, 11) is -2.25. The van der Waals surface area contributed by atoms with Gasteiger partial charge in [-0.1, -0.05) is 29.8 Å². The lowest BCUT2D eigenvalue weighted by Crippen LogP contribution is -2.37. The molecule has 1 N–H and O–H groups in total. The van der Waals surface area contributed by atoms with E-state index in [0.717, 1.165) is 16.1 Å². The number of carbonyl (C=O) groups is 1. The number of sulfonamides is 1. The number of carbonyl (C=O) groups excluding carboxylic acids is 1. The van der Waals surface area contributed by atoms with Gasteiger partial charge in [0.1, 0.15) is 12.3 Å². The van der Waals surface area contributed by atoms with Crippen LogP contribution in [0.1, 0.15) is 5.56 Å². The molecule has 0 aliphatic rings. The third kappa shape index (κ3) is 4.87. The number of rotatable bonds is 6. The predicted molar refractivity (Wildman–Crippen MR) is 100 cm³/mol. The fourth-order valence-corrected chi connectivity index (χ4v) is 3.26. The van der Waals surface area contributed by atoms with Crippen molar-refractivity contribution in [1.29, 1.82) is 0 Å². The number of aryl methyl sites for hydroxylation is 1. The Hall–Kier alpha value is -2.25. The summed E-state index contributed by atoms with van der Waals surface area (Å²) in [6.45, 7) is 1.46. The van der Waals surface area contributed by atoms with E-state index in [-0.39, 0.29) is 6.54 Å². The zero-order valence-electron chi connectivity index (χ0n) is 14.1. The van der Waals surface area contributed by atoms with E-state index in [9.17, 15) is 13.2 Å². The van der Waals surface area contributed by atoms with Gasteiger partial charge in [-0.25, -0.2) is 8.42 Å². The molecule has 2 aromatic rings. The van der Waals surface area contributed by atoms with Crippen molar-refractivity contribution in [3.05, 3.63) is 53.1 Å². The molecule has 0 radical (unpaired) electrons. The van der Waals surface area contributed by atoms with Gasteiger partial charge < -0.3 is 10.1 Å². The van der Waals surface area contributed by atoms with E-state index in [1.807, 2.05) is 6.92 Å². The van der Waals surface area contributed by atoms with Crippen LogP contribution < -0.4 is 14.4 Å². The molecule has 0 bridgehead atoms. The van der Waals surface area contributed by atoms with Gasteiger partial charge in [0.05, 0.1) is 19.1 Å². The molecule has 8 heteroatoms. The third-order valence-corrected chi connectivity index (χ3v) is 5.03. The smallest absolute Gasteiger partial charge is 0.245 e. The molecule has 0 heterocycles. The minimum Gasteiger partial charge on any atom is -0.495 e. The second-order valence-electron chi connectivity index (χ2n) is 5.45. The number of methoxy groups -OCH3 is 1. The molecule has 1 amide bonds. The molecule has 0 aromatic heterocycles. The van der Waals surface area contributed by atoms with Crippen LogP contribution in [0.4, 0.5) is 11.4 Å². The van der Waals surface area contributed by atoms with Crippen molar-refractivity contribution >= 4 is 38.9 Å². The number of para-hydroxylation sites is 2. The van der Waals surface area contributed by atoms with Crippen LogP contribution in [0.15, 0.2) is 42.5 Å². The normalized spacial score (nSPS) is 11.0. The van der Waals surface area contributed by atoms with Crippen LogP contribution in [0.2, 0.25) is 5.02 Å². The number of ether oxygens (including phenoxy) is 1. The zero-order valence-corrected chi connectivity index (χ0v) is 15.7. The van der Waals surface area contributed by atoms with Crippen LogP contribution in [-0.4, -0.2) is 34.2 Å². The highest BCUT2D eigenvalue weighted by Crippen LogP contribution is 2.29. The van der Waals surface area contributed by atoms with E-state index < -0.39 is 15.9 Å². The molecule has 2 rings (SSSR count). The summed E-state index contributed by atoms with van der Waals surface area (Å²) in [4.78, 5) is 12.3. The summed E-state index contributed by atoms with van der Waals surface area (Å²) in [6, 6.07) is 11.7. The molecular weight excluding hydrogens is 364 g/mol. The van der Waals surface area contributed by atoms with Gasteiger partial charge in [0, 0.05) is 10.7 Å². The number of hydrogen-bond acceptors (Lipinski definition) is 4. The first-order valence-corrected chi connectivity index (χ1v) is 9.61. The lowest BCUT2D eigenvalue weighted by atomic mass is 10.2. The molecule has 0 atom stereocenters. The van der Waals surface area contributed by atoms with Gasteiger partial charge in [-0.05, 0) is 36.8 Å². The summed E-state index contributed by atoms with van der Waals surface area (Å²) >= 11 is 6.04. The quantitative estimate of drug-likeness (QED) is 0.833. The van der Waals surface area contributed by atoms with Gasteiger partial charge in [-0.3, -0.25) is 9.10 Å². The average Bonchev–Trinajstić information content (AvgIpc) is 2.55. The largest absolute Gasteiger partial charge is 0.495 e. The Morgan fingerprint density at radius 3 is 2.52 bits per heavy atom. The maximum Gasteiger partial charge on any atom is 0.245 e. The summed E-state index contributed by atoms with van der Waals surface area (Å²) in [5.41, 5.74) is 1.67. The SMILES string of the molecule is COc1ccccc1N(CC(=O)Nc1ccc(C)c(Cl)c1)S(C)(=O)=O. The standard InChI is InChI=1S/C17H19ClN2O4S/c1-12-8-9-13(10-14(12)18)19-17(21)11-20(25(3,22)23)15-6-4-5-7-16(15)24-2/h4-10H,11H2,1-3H3,(H,19,21). The van der Waals surface area contributed by atoms with Crippen LogP contribution in [0.25, 0.3) is 0 Å². The van der Waals surface area contributed by atoms with Crippen molar-refractivity contribution in [2.45, 2.75) is 6.92 Å². The molecule has 0 aliphatic carbocycles. The molecule has 0 unspecified atom stereocenters. The lowest BCUT2D eigenvalue weighted by Gasteiger charge is -2.23. The summed E-state index contributed by atoms with van der Waals surface area (Å²) in [5, 5.41) is 3.17. The lowest BCUT2D eigenvalue weighted by molar-refractivity contribution is -0.114. The molecule has 0 saturated carbocycles. The van der Waals surface area contributed by atoms with Crippen molar-refractivity contribution in [2.24, 2.45) is 0 Å². The first kappa shape index (κ1) is 19.1. The van der Waals surface area contributed by atoms with Crippen LogP contribution in [0.5, 0.6) is 5.75 Å². The maximum absolute atomic E-state index is 12.3. The highest BCUT2D eigenvalue weighted by atomic mass is 35.5. The summed E-state index contributed by atoms with van der Waals surface area (Å²) in [6.07, 6.45) is 1.04. The number of benzene rings is 2. The van der Waals surface area contributed by atoms with Crippen molar-refractivity contribution < 1.29 is 17.9 Å². The minimum atomic E-state index is -3.69. The zero-order chi connectivity index (χ0) is 18.6. The van der Waals surface area contributed by atoms with Gasteiger partial charge in [-0.15, -0.1) is 0 Å². The Morgan fingerprint density at radius 2 is 1.92 bits per heavy atom. The topological polar surface area (TPSA) is 75.7 Å². The fraction of sp³-hybridized carbons (Fsp3) is 0.235. The van der Waals surface area contributed by atoms with Crippen molar-refractivity contribution in [2.75, 3.05) is 29.5 Å². The number of nitrogens with zero attached hydrogens (tertiary/aromatic N) is 1. The van der Waals surface area contributed by atoms with E-state index in [2.05, 4.69) is 5.32 Å². The molecule has 2 aromatic carbocycles. The summed E-state index contributed by atoms with van der Waals surface area (Å²) in [5.74, 6) is -0.129. The van der Waals surface area contributed by atoms with E-state index >= 15 is 0 Å². The Balaban J connectivity index is 2.25. The Kier molecular flexibility index (Phi) is 5.92. The van der Waals surface area contributed by atoms with E-state index in [0.29, 0.717) is 22.1 Å². The van der Waals surface area contributed by atoms with E-state index in [1.165, 1.54) is 7.11 Å². The Labute approximate surface area is 152 Å². The van der Waals surface area contributed by atoms with Crippen LogP contribution >= 0.6 is 11.6 Å². The average molecular weight is 383 g/mol. The first-order chi connectivity index (χ1) is 11.7. The monoisotopic (exact) mass is 382 g/mol. The molecule has 6 nitrogen and oxygen atoms in total. The summed E-state index contributed by atoms with van der Waals surface area (Å²) < 4.78 is 30.5. The van der Waals surface area contributed by atoms with Gasteiger partial charge in [-0.2, -0.15) is 0 Å². The van der Waals surface area contributed by atoms with Crippen molar-refractivity contribution in [1.82, 2.24) is 0 Å². The second-order valence-corrected chi connectivity index (χ2v) is 7.77. The van der Waals surface area contributed by atoms with Crippen molar-refractivity contribution in [3.63, 3.8) is 0 Å². The Morgan fingerprint density at radius 1 is 1.24 bits per heavy atom. The van der Waals surface area contributed by atoms with Crippen LogP contribution in [0.3, 0.4) is 0 Å². The second kappa shape index (κ2) is 7.76. The number of amides is 1. The molecule has 25 heavy (non-hydrogen) atoms. The van der Waals surface area contributed by atoms with Gasteiger partial charge in [0.2, 0.25) is 15.9 Å². The number of hydrogen-bond donors (Lipinski definition) is 1. The highest BCUT2D eigenvalue weighted by Gasteiger charge is 2.23. The van der Waals surface area contributed by atoms with E-state index in [4.69, 9.17) is 16.3 Å². The molecule has 0 saturated heterocycles. The number of nitrogens with one attached hydrogen (secondary N) is 1. The van der Waals surface area contributed by atoms with Gasteiger partial charge >= 0.3 is 0 Å². The Bertz CT molecular complexity index is 884. The fourth-order valence-electron chi connectivity index (χ4n) is 2.22. The van der Waals surface area contributed by atoms with Gasteiger partial charge in [0.15, 0.2) is 0 Å². The predicted octanol–water partition coefficient (Wildman–Crippen LogP) is 3.06. The van der Waals surface area contributed by atoms with Crippen molar-refractivity contribution in [3.8, 4) is 5.75 Å². The van der Waals surface area contributed by atoms with Crippen LogP contribution in [-0.2, 0) is 14.8 Å². The molecule has 134 valence electrons. The third-order valence-electron chi connectivity index (χ3n) is 3.50. The molecule has 0 spiro atoms. The highest BCUT2D eigenvalue weighted by molar-refractivity contribution is 7.92. The molecule has 0 fully saturated rings.